The average molecular weight is 264 g/mol. The molecule has 104 valence electrons. The van der Waals surface area contributed by atoms with Crippen molar-refractivity contribution in [3.8, 4) is 0 Å². The number of carbonyl (C=O) groups is 2. The summed E-state index contributed by atoms with van der Waals surface area (Å²) in [5.74, 6) is -0.351. The summed E-state index contributed by atoms with van der Waals surface area (Å²) in [6, 6.07) is 3.40. The molecule has 1 aromatic heterocycles. The number of carbonyl (C=O) groups excluding carboxylic acids is 1. The molecule has 2 heterocycles. The van der Waals surface area contributed by atoms with Crippen LogP contribution in [-0.2, 0) is 11.3 Å². The number of piperidine rings is 1. The number of carboxylic acid groups (broad SMARTS) is 1. The number of hydrogen-bond donors (Lipinski definition) is 1. The molecule has 0 aromatic carbocycles. The fraction of sp³-hybridized carbons (Fsp3) is 0.571. The van der Waals surface area contributed by atoms with E-state index in [1.807, 2.05) is 4.90 Å². The second kappa shape index (κ2) is 5.47. The Morgan fingerprint density at radius 2 is 2.16 bits per heavy atom. The van der Waals surface area contributed by atoms with E-state index >= 15 is 0 Å². The zero-order valence-corrected chi connectivity index (χ0v) is 11.4. The van der Waals surface area contributed by atoms with Gasteiger partial charge in [-0.05, 0) is 37.8 Å². The number of likely N-dealkylation sites (tertiary alicyclic amines) is 1. The van der Waals surface area contributed by atoms with E-state index in [0.29, 0.717) is 5.92 Å². The molecule has 0 aliphatic carbocycles. The van der Waals surface area contributed by atoms with Crippen LogP contribution in [0.1, 0.15) is 37.2 Å². The molecular formula is C14H20N2O3. The number of aromatic carboxylic acids is 1. The fourth-order valence-corrected chi connectivity index (χ4v) is 2.76. The molecule has 1 aliphatic heterocycles. The standard InChI is InChI=1S/C14H20N2O3/c1-10-5-7-16(11(2)8-10)13(17)9-15-6-3-4-12(15)14(18)19/h3-4,6,10-11H,5,7-9H2,1-2H3,(H,18,19). The molecule has 1 aromatic rings. The molecule has 1 saturated heterocycles. The smallest absolute Gasteiger partial charge is 0.352 e. The predicted molar refractivity (Wildman–Crippen MR) is 71.0 cm³/mol. The van der Waals surface area contributed by atoms with Gasteiger partial charge in [0.05, 0.1) is 0 Å². The summed E-state index contributed by atoms with van der Waals surface area (Å²) in [5, 5.41) is 9.02. The monoisotopic (exact) mass is 264 g/mol. The molecule has 5 nitrogen and oxygen atoms in total. The van der Waals surface area contributed by atoms with Gasteiger partial charge in [0, 0.05) is 18.8 Å². The maximum Gasteiger partial charge on any atom is 0.352 e. The van der Waals surface area contributed by atoms with Crippen LogP contribution in [0.3, 0.4) is 0 Å². The molecule has 2 rings (SSSR count). The van der Waals surface area contributed by atoms with E-state index in [2.05, 4.69) is 13.8 Å². The van der Waals surface area contributed by atoms with Gasteiger partial charge in [0.1, 0.15) is 12.2 Å². The first kappa shape index (κ1) is 13.6. The lowest BCUT2D eigenvalue weighted by atomic mass is 9.93. The maximum absolute atomic E-state index is 12.3. The fourth-order valence-electron chi connectivity index (χ4n) is 2.76. The first-order valence-electron chi connectivity index (χ1n) is 6.67. The van der Waals surface area contributed by atoms with Crippen molar-refractivity contribution in [3.05, 3.63) is 24.0 Å². The number of carboxylic acids is 1. The van der Waals surface area contributed by atoms with Gasteiger partial charge in [-0.1, -0.05) is 6.92 Å². The Morgan fingerprint density at radius 1 is 1.42 bits per heavy atom. The molecule has 1 aliphatic rings. The Balaban J connectivity index is 2.05. The van der Waals surface area contributed by atoms with Gasteiger partial charge in [0.2, 0.25) is 5.91 Å². The minimum Gasteiger partial charge on any atom is -0.477 e. The van der Waals surface area contributed by atoms with Crippen molar-refractivity contribution in [2.75, 3.05) is 6.54 Å². The van der Waals surface area contributed by atoms with Gasteiger partial charge in [-0.2, -0.15) is 0 Å². The van der Waals surface area contributed by atoms with Crippen LogP contribution >= 0.6 is 0 Å². The van der Waals surface area contributed by atoms with Crippen LogP contribution in [0, 0.1) is 5.92 Å². The second-order valence-corrected chi connectivity index (χ2v) is 5.39. The summed E-state index contributed by atoms with van der Waals surface area (Å²) >= 11 is 0. The summed E-state index contributed by atoms with van der Waals surface area (Å²) in [6.45, 7) is 5.13. The van der Waals surface area contributed by atoms with E-state index in [1.165, 1.54) is 10.6 Å². The van der Waals surface area contributed by atoms with Crippen LogP contribution in [0.25, 0.3) is 0 Å². The Labute approximate surface area is 112 Å². The highest BCUT2D eigenvalue weighted by molar-refractivity contribution is 5.87. The van der Waals surface area contributed by atoms with Crippen LogP contribution in [-0.4, -0.2) is 39.0 Å². The average Bonchev–Trinajstić information content (AvgIpc) is 2.76. The van der Waals surface area contributed by atoms with E-state index in [0.717, 1.165) is 19.4 Å². The minimum absolute atomic E-state index is 0.00176. The quantitative estimate of drug-likeness (QED) is 0.906. The highest BCUT2D eigenvalue weighted by Gasteiger charge is 2.27. The Hall–Kier alpha value is -1.78. The van der Waals surface area contributed by atoms with E-state index in [-0.39, 0.29) is 24.2 Å². The van der Waals surface area contributed by atoms with Crippen LogP contribution < -0.4 is 0 Å². The molecular weight excluding hydrogens is 244 g/mol. The predicted octanol–water partition coefficient (Wildman–Crippen LogP) is 1.83. The molecule has 5 heteroatoms. The lowest BCUT2D eigenvalue weighted by molar-refractivity contribution is -0.135. The number of nitrogens with zero attached hydrogens (tertiary/aromatic N) is 2. The third kappa shape index (κ3) is 2.97. The van der Waals surface area contributed by atoms with Gasteiger partial charge in [-0.25, -0.2) is 4.79 Å². The van der Waals surface area contributed by atoms with Gasteiger partial charge in [-0.3, -0.25) is 4.79 Å². The molecule has 1 N–H and O–H groups in total. The van der Waals surface area contributed by atoms with Gasteiger partial charge in [0.15, 0.2) is 0 Å². The third-order valence-electron chi connectivity index (χ3n) is 3.81. The van der Waals surface area contributed by atoms with Crippen molar-refractivity contribution in [1.29, 1.82) is 0 Å². The van der Waals surface area contributed by atoms with Crippen molar-refractivity contribution in [1.82, 2.24) is 9.47 Å². The summed E-state index contributed by atoms with van der Waals surface area (Å²) in [7, 11) is 0. The summed E-state index contributed by atoms with van der Waals surface area (Å²) in [4.78, 5) is 25.1. The number of rotatable bonds is 3. The second-order valence-electron chi connectivity index (χ2n) is 5.39. The molecule has 1 amide bonds. The SMILES string of the molecule is CC1CCN(C(=O)Cn2cccc2C(=O)O)C(C)C1. The Morgan fingerprint density at radius 3 is 2.79 bits per heavy atom. The van der Waals surface area contributed by atoms with Gasteiger partial charge in [0.25, 0.3) is 0 Å². The van der Waals surface area contributed by atoms with Crippen molar-refractivity contribution >= 4 is 11.9 Å². The molecule has 2 atom stereocenters. The zero-order chi connectivity index (χ0) is 14.0. The molecule has 0 radical (unpaired) electrons. The van der Waals surface area contributed by atoms with Crippen LogP contribution in [0.2, 0.25) is 0 Å². The van der Waals surface area contributed by atoms with Gasteiger partial charge in [-0.15, -0.1) is 0 Å². The summed E-state index contributed by atoms with van der Waals surface area (Å²) in [5.41, 5.74) is 0.159. The molecule has 0 saturated carbocycles. The molecule has 19 heavy (non-hydrogen) atoms. The van der Waals surface area contributed by atoms with Gasteiger partial charge >= 0.3 is 5.97 Å². The van der Waals surface area contributed by atoms with Gasteiger partial charge < -0.3 is 14.6 Å². The lowest BCUT2D eigenvalue weighted by Gasteiger charge is -2.36. The largest absolute Gasteiger partial charge is 0.477 e. The zero-order valence-electron chi connectivity index (χ0n) is 11.4. The van der Waals surface area contributed by atoms with Crippen molar-refractivity contribution in [3.63, 3.8) is 0 Å². The summed E-state index contributed by atoms with van der Waals surface area (Å²) in [6.07, 6.45) is 3.68. The molecule has 0 bridgehead atoms. The first-order valence-corrected chi connectivity index (χ1v) is 6.67. The Bertz CT molecular complexity index is 481. The Kier molecular flexibility index (Phi) is 3.93. The number of hydrogen-bond acceptors (Lipinski definition) is 2. The highest BCUT2D eigenvalue weighted by atomic mass is 16.4. The number of aromatic nitrogens is 1. The van der Waals surface area contributed by atoms with Crippen molar-refractivity contribution in [2.24, 2.45) is 5.92 Å². The van der Waals surface area contributed by atoms with Crippen LogP contribution in [0.4, 0.5) is 0 Å². The van der Waals surface area contributed by atoms with Crippen molar-refractivity contribution in [2.45, 2.75) is 39.3 Å². The van der Waals surface area contributed by atoms with Crippen LogP contribution in [0.15, 0.2) is 18.3 Å². The highest BCUT2D eigenvalue weighted by Crippen LogP contribution is 2.22. The van der Waals surface area contributed by atoms with Crippen molar-refractivity contribution < 1.29 is 14.7 Å². The lowest BCUT2D eigenvalue weighted by Crippen LogP contribution is -2.45. The van der Waals surface area contributed by atoms with E-state index in [1.54, 1.807) is 12.3 Å². The normalized spacial score (nSPS) is 23.4. The minimum atomic E-state index is -1.00. The molecule has 2 unspecified atom stereocenters. The topological polar surface area (TPSA) is 62.5 Å². The maximum atomic E-state index is 12.3. The van der Waals surface area contributed by atoms with E-state index < -0.39 is 5.97 Å². The van der Waals surface area contributed by atoms with E-state index in [9.17, 15) is 9.59 Å². The third-order valence-corrected chi connectivity index (χ3v) is 3.81. The van der Waals surface area contributed by atoms with E-state index in [4.69, 9.17) is 5.11 Å². The number of amides is 1. The molecule has 1 fully saturated rings. The van der Waals surface area contributed by atoms with Crippen LogP contribution in [0.5, 0.6) is 0 Å². The molecule has 0 spiro atoms. The first-order chi connectivity index (χ1) is 8.99. The summed E-state index contributed by atoms with van der Waals surface area (Å²) < 4.78 is 1.50.